The number of hydrogen-bond donors (Lipinski definition) is 1. The summed E-state index contributed by atoms with van der Waals surface area (Å²) in [5.41, 5.74) is 0.897. The van der Waals surface area contributed by atoms with Crippen LogP contribution in [0, 0.1) is 11.7 Å². The molecule has 2 saturated heterocycles. The fourth-order valence-electron chi connectivity index (χ4n) is 3.32. The second kappa shape index (κ2) is 4.17. The Morgan fingerprint density at radius 3 is 2.50 bits per heavy atom. The third-order valence-corrected chi connectivity index (χ3v) is 4.04. The lowest BCUT2D eigenvalue weighted by Crippen LogP contribution is -2.38. The molecule has 1 N–H and O–H groups in total. The van der Waals surface area contributed by atoms with Crippen LogP contribution in [-0.4, -0.2) is 12.1 Å². The van der Waals surface area contributed by atoms with Crippen LogP contribution in [0.15, 0.2) is 24.3 Å². The maximum absolute atomic E-state index is 13.5. The lowest BCUT2D eigenvalue weighted by molar-refractivity contribution is 0.296. The minimum atomic E-state index is -0.0339. The molecule has 0 amide bonds. The second-order valence-electron chi connectivity index (χ2n) is 5.27. The van der Waals surface area contributed by atoms with Crippen molar-refractivity contribution in [2.24, 2.45) is 5.92 Å². The van der Waals surface area contributed by atoms with Gasteiger partial charge in [-0.15, -0.1) is 0 Å². The van der Waals surface area contributed by atoms with Gasteiger partial charge in [0.1, 0.15) is 5.82 Å². The van der Waals surface area contributed by atoms with E-state index < -0.39 is 0 Å². The summed E-state index contributed by atoms with van der Waals surface area (Å²) in [5.74, 6) is 0.643. The molecular formula is C14H18FN. The Hall–Kier alpha value is -0.890. The van der Waals surface area contributed by atoms with E-state index in [1.54, 1.807) is 12.1 Å². The first-order valence-corrected chi connectivity index (χ1v) is 6.30. The molecule has 2 aliphatic heterocycles. The summed E-state index contributed by atoms with van der Waals surface area (Å²) < 4.78 is 13.5. The molecule has 86 valence electrons. The molecule has 0 saturated carbocycles. The van der Waals surface area contributed by atoms with Gasteiger partial charge < -0.3 is 5.32 Å². The van der Waals surface area contributed by atoms with Crippen molar-refractivity contribution in [1.29, 1.82) is 0 Å². The van der Waals surface area contributed by atoms with Gasteiger partial charge in [-0.3, -0.25) is 0 Å². The highest BCUT2D eigenvalue weighted by molar-refractivity contribution is 5.18. The van der Waals surface area contributed by atoms with E-state index in [1.807, 2.05) is 12.1 Å². The SMILES string of the molecule is Fc1ccccc1CC1CC2CCC(C1)N2. The van der Waals surface area contributed by atoms with Crippen molar-refractivity contribution in [2.75, 3.05) is 0 Å². The van der Waals surface area contributed by atoms with Crippen molar-refractivity contribution in [3.63, 3.8) is 0 Å². The van der Waals surface area contributed by atoms with Crippen LogP contribution in [0.4, 0.5) is 4.39 Å². The summed E-state index contributed by atoms with van der Waals surface area (Å²) in [7, 11) is 0. The average molecular weight is 219 g/mol. The maximum atomic E-state index is 13.5. The number of fused-ring (bicyclic) bond motifs is 2. The van der Waals surface area contributed by atoms with E-state index in [4.69, 9.17) is 0 Å². The molecule has 2 unspecified atom stereocenters. The first-order chi connectivity index (χ1) is 7.81. The van der Waals surface area contributed by atoms with Gasteiger partial charge >= 0.3 is 0 Å². The van der Waals surface area contributed by atoms with Crippen molar-refractivity contribution in [3.05, 3.63) is 35.6 Å². The van der Waals surface area contributed by atoms with Crippen molar-refractivity contribution in [3.8, 4) is 0 Å². The van der Waals surface area contributed by atoms with Gasteiger partial charge in [-0.2, -0.15) is 0 Å². The predicted octanol–water partition coefficient (Wildman–Crippen LogP) is 2.90. The maximum Gasteiger partial charge on any atom is 0.126 e. The van der Waals surface area contributed by atoms with Gasteiger partial charge in [-0.05, 0) is 49.7 Å². The molecule has 0 aromatic heterocycles. The van der Waals surface area contributed by atoms with E-state index in [-0.39, 0.29) is 5.82 Å². The van der Waals surface area contributed by atoms with Crippen LogP contribution in [0.3, 0.4) is 0 Å². The van der Waals surface area contributed by atoms with E-state index in [0.29, 0.717) is 18.0 Å². The highest BCUT2D eigenvalue weighted by Crippen LogP contribution is 2.33. The van der Waals surface area contributed by atoms with Gasteiger partial charge in [0.2, 0.25) is 0 Å². The van der Waals surface area contributed by atoms with Crippen LogP contribution in [-0.2, 0) is 6.42 Å². The molecule has 1 aromatic carbocycles. The lowest BCUT2D eigenvalue weighted by Gasteiger charge is -2.29. The van der Waals surface area contributed by atoms with Gasteiger partial charge in [0.25, 0.3) is 0 Å². The molecule has 2 atom stereocenters. The average Bonchev–Trinajstić information content (AvgIpc) is 2.62. The predicted molar refractivity (Wildman–Crippen MR) is 62.8 cm³/mol. The molecule has 0 aliphatic carbocycles. The van der Waals surface area contributed by atoms with Crippen molar-refractivity contribution < 1.29 is 4.39 Å². The molecule has 2 aliphatic rings. The standard InChI is InChI=1S/C14H18FN/c15-14-4-2-1-3-11(14)7-10-8-12-5-6-13(9-10)16-12/h1-4,10,12-13,16H,5-9H2. The van der Waals surface area contributed by atoms with Crippen LogP contribution < -0.4 is 5.32 Å². The topological polar surface area (TPSA) is 12.0 Å². The second-order valence-corrected chi connectivity index (χ2v) is 5.27. The Morgan fingerprint density at radius 2 is 1.81 bits per heavy atom. The molecule has 2 fully saturated rings. The minimum absolute atomic E-state index is 0.0339. The van der Waals surface area contributed by atoms with Crippen molar-refractivity contribution in [1.82, 2.24) is 5.32 Å². The Kier molecular flexibility index (Phi) is 2.68. The molecule has 2 heterocycles. The molecule has 16 heavy (non-hydrogen) atoms. The van der Waals surface area contributed by atoms with Gasteiger partial charge in [-0.1, -0.05) is 18.2 Å². The monoisotopic (exact) mass is 219 g/mol. The van der Waals surface area contributed by atoms with Crippen LogP contribution in [0.2, 0.25) is 0 Å². The smallest absolute Gasteiger partial charge is 0.126 e. The van der Waals surface area contributed by atoms with E-state index >= 15 is 0 Å². The zero-order chi connectivity index (χ0) is 11.0. The molecular weight excluding hydrogens is 201 g/mol. The van der Waals surface area contributed by atoms with Crippen molar-refractivity contribution >= 4 is 0 Å². The number of rotatable bonds is 2. The van der Waals surface area contributed by atoms with Gasteiger partial charge in [0.15, 0.2) is 0 Å². The fourth-order valence-corrected chi connectivity index (χ4v) is 3.32. The third-order valence-electron chi connectivity index (χ3n) is 4.04. The van der Waals surface area contributed by atoms with Crippen LogP contribution >= 0.6 is 0 Å². The molecule has 0 spiro atoms. The van der Waals surface area contributed by atoms with Gasteiger partial charge in [0, 0.05) is 12.1 Å². The minimum Gasteiger partial charge on any atom is -0.311 e. The zero-order valence-corrected chi connectivity index (χ0v) is 9.45. The van der Waals surface area contributed by atoms with E-state index in [1.165, 1.54) is 25.7 Å². The normalized spacial score (nSPS) is 32.9. The summed E-state index contributed by atoms with van der Waals surface area (Å²) >= 11 is 0. The molecule has 3 rings (SSSR count). The number of benzene rings is 1. The van der Waals surface area contributed by atoms with Crippen molar-refractivity contribution in [2.45, 2.75) is 44.2 Å². The number of nitrogens with one attached hydrogen (secondary N) is 1. The van der Waals surface area contributed by atoms with Gasteiger partial charge in [-0.25, -0.2) is 4.39 Å². The molecule has 1 aromatic rings. The summed E-state index contributed by atoms with van der Waals surface area (Å²) in [6.45, 7) is 0. The first kappa shape index (κ1) is 10.3. The molecule has 1 nitrogen and oxygen atoms in total. The number of piperidine rings is 1. The number of hydrogen-bond acceptors (Lipinski definition) is 1. The molecule has 2 heteroatoms. The quantitative estimate of drug-likeness (QED) is 0.806. The highest BCUT2D eigenvalue weighted by atomic mass is 19.1. The Bertz CT molecular complexity index is 365. The van der Waals surface area contributed by atoms with E-state index in [2.05, 4.69) is 5.32 Å². The Labute approximate surface area is 96.1 Å². The fraction of sp³-hybridized carbons (Fsp3) is 0.571. The summed E-state index contributed by atoms with van der Waals surface area (Å²) in [6, 6.07) is 8.62. The number of halogens is 1. The molecule has 2 bridgehead atoms. The summed E-state index contributed by atoms with van der Waals surface area (Å²) in [4.78, 5) is 0. The lowest BCUT2D eigenvalue weighted by atomic mass is 9.87. The van der Waals surface area contributed by atoms with Crippen LogP contribution in [0.25, 0.3) is 0 Å². The van der Waals surface area contributed by atoms with E-state index in [0.717, 1.165) is 12.0 Å². The summed E-state index contributed by atoms with van der Waals surface area (Å²) in [6.07, 6.45) is 6.01. The Balaban J connectivity index is 1.69. The summed E-state index contributed by atoms with van der Waals surface area (Å²) in [5, 5.41) is 3.63. The zero-order valence-electron chi connectivity index (χ0n) is 9.45. The largest absolute Gasteiger partial charge is 0.311 e. The van der Waals surface area contributed by atoms with Crippen LogP contribution in [0.1, 0.15) is 31.2 Å². The van der Waals surface area contributed by atoms with Gasteiger partial charge in [0.05, 0.1) is 0 Å². The van der Waals surface area contributed by atoms with E-state index in [9.17, 15) is 4.39 Å². The third kappa shape index (κ3) is 1.99. The molecule has 0 radical (unpaired) electrons. The highest BCUT2D eigenvalue weighted by Gasteiger charge is 2.33. The Morgan fingerprint density at radius 1 is 1.12 bits per heavy atom. The van der Waals surface area contributed by atoms with Crippen LogP contribution in [0.5, 0.6) is 0 Å². The first-order valence-electron chi connectivity index (χ1n) is 6.30.